The molecule has 1 unspecified atom stereocenters. The van der Waals surface area contributed by atoms with Crippen molar-refractivity contribution >= 4 is 38.0 Å². The molecule has 1 aromatic carbocycles. The monoisotopic (exact) mass is 390 g/mol. The highest BCUT2D eigenvalue weighted by Crippen LogP contribution is 2.28. The number of fused-ring (bicyclic) bond motifs is 3. The highest BCUT2D eigenvalue weighted by atomic mass is 79.9. The normalized spacial score (nSPS) is 19.1. The van der Waals surface area contributed by atoms with Crippen LogP contribution in [0.15, 0.2) is 31.9 Å². The number of nitrogens with zero attached hydrogens (tertiary/aromatic N) is 3. The molecular formula is C17H19BrN4O2. The maximum absolute atomic E-state index is 12.4. The zero-order chi connectivity index (χ0) is 16.8. The first-order valence-electron chi connectivity index (χ1n) is 8.01. The molecule has 3 heterocycles. The second-order valence-electron chi connectivity index (χ2n) is 6.57. The zero-order valence-electron chi connectivity index (χ0n) is 13.7. The molecule has 1 N–H and O–H groups in total. The van der Waals surface area contributed by atoms with E-state index in [9.17, 15) is 4.79 Å². The lowest BCUT2D eigenvalue weighted by Crippen LogP contribution is -2.31. The Kier molecular flexibility index (Phi) is 3.94. The minimum Gasteiger partial charge on any atom is -0.449 e. The molecule has 0 aliphatic carbocycles. The van der Waals surface area contributed by atoms with Crippen LogP contribution in [0.2, 0.25) is 0 Å². The molecule has 1 aliphatic heterocycles. The van der Waals surface area contributed by atoms with E-state index < -0.39 is 0 Å². The molecule has 7 heteroatoms. The highest BCUT2D eigenvalue weighted by molar-refractivity contribution is 9.10. The Bertz CT molecular complexity index is 962. The average Bonchev–Trinajstić information content (AvgIpc) is 3.13. The summed E-state index contributed by atoms with van der Waals surface area (Å²) in [4.78, 5) is 24.5. The standard InChI is InChI=1S/C17H19BrN4O2/c1-21(2)11-5-6-22(8-11)9-14-19-15-12-7-10(18)3-4-13(12)24-16(15)17(23)20-14/h3-4,7,11H,5-6,8-9H2,1-2H3,(H,19,20,23). The van der Waals surface area contributed by atoms with Crippen molar-refractivity contribution in [3.63, 3.8) is 0 Å². The van der Waals surface area contributed by atoms with Crippen LogP contribution >= 0.6 is 15.9 Å². The van der Waals surface area contributed by atoms with Crippen LogP contribution in [0.3, 0.4) is 0 Å². The van der Waals surface area contributed by atoms with E-state index in [2.05, 4.69) is 49.8 Å². The zero-order valence-corrected chi connectivity index (χ0v) is 15.3. The Morgan fingerprint density at radius 2 is 2.29 bits per heavy atom. The van der Waals surface area contributed by atoms with E-state index in [0.29, 0.717) is 35.1 Å². The quantitative estimate of drug-likeness (QED) is 0.744. The van der Waals surface area contributed by atoms with Crippen LogP contribution in [0, 0.1) is 0 Å². The Labute approximate surface area is 147 Å². The lowest BCUT2D eigenvalue weighted by Gasteiger charge is -2.19. The van der Waals surface area contributed by atoms with Gasteiger partial charge in [-0.15, -0.1) is 0 Å². The molecule has 0 saturated carbocycles. The minimum atomic E-state index is -0.217. The maximum Gasteiger partial charge on any atom is 0.294 e. The first kappa shape index (κ1) is 15.8. The number of benzene rings is 1. The van der Waals surface area contributed by atoms with Gasteiger partial charge in [0.2, 0.25) is 5.58 Å². The molecule has 6 nitrogen and oxygen atoms in total. The molecule has 1 atom stereocenters. The smallest absolute Gasteiger partial charge is 0.294 e. The third-order valence-electron chi connectivity index (χ3n) is 4.69. The molecule has 1 fully saturated rings. The van der Waals surface area contributed by atoms with Crippen LogP contribution in [-0.4, -0.2) is 53.0 Å². The van der Waals surface area contributed by atoms with Gasteiger partial charge >= 0.3 is 0 Å². The predicted molar refractivity (Wildman–Crippen MR) is 97.2 cm³/mol. The van der Waals surface area contributed by atoms with E-state index in [-0.39, 0.29) is 5.56 Å². The second-order valence-corrected chi connectivity index (χ2v) is 7.49. The number of aromatic nitrogens is 2. The van der Waals surface area contributed by atoms with E-state index in [0.717, 1.165) is 29.4 Å². The van der Waals surface area contributed by atoms with Crippen LogP contribution in [0.25, 0.3) is 22.1 Å². The molecule has 1 aliphatic rings. The first-order valence-corrected chi connectivity index (χ1v) is 8.80. The Hall–Kier alpha value is -1.70. The van der Waals surface area contributed by atoms with Crippen molar-refractivity contribution in [2.24, 2.45) is 0 Å². The number of H-pyrrole nitrogens is 1. The molecule has 0 bridgehead atoms. The molecule has 126 valence electrons. The molecule has 24 heavy (non-hydrogen) atoms. The Morgan fingerprint density at radius 1 is 1.46 bits per heavy atom. The molecule has 2 aromatic heterocycles. The van der Waals surface area contributed by atoms with Gasteiger partial charge in [-0.05, 0) is 38.7 Å². The van der Waals surface area contributed by atoms with Gasteiger partial charge in [-0.3, -0.25) is 9.69 Å². The van der Waals surface area contributed by atoms with Crippen LogP contribution in [-0.2, 0) is 6.54 Å². The molecule has 4 rings (SSSR count). The highest BCUT2D eigenvalue weighted by Gasteiger charge is 2.24. The van der Waals surface area contributed by atoms with E-state index in [1.54, 1.807) is 0 Å². The average molecular weight is 391 g/mol. The van der Waals surface area contributed by atoms with E-state index in [4.69, 9.17) is 4.42 Å². The number of halogens is 1. The summed E-state index contributed by atoms with van der Waals surface area (Å²) in [6.07, 6.45) is 1.14. The lowest BCUT2D eigenvalue weighted by atomic mass is 10.2. The summed E-state index contributed by atoms with van der Waals surface area (Å²) in [6.45, 7) is 2.66. The van der Waals surface area contributed by atoms with Crippen molar-refractivity contribution < 1.29 is 4.42 Å². The van der Waals surface area contributed by atoms with Crippen LogP contribution in [0.1, 0.15) is 12.2 Å². The SMILES string of the molecule is CN(C)C1CCN(Cc2nc3c(oc4ccc(Br)cc43)c(=O)[nH]2)C1. The molecule has 0 radical (unpaired) electrons. The Morgan fingerprint density at radius 3 is 3.04 bits per heavy atom. The van der Waals surface area contributed by atoms with Crippen molar-refractivity contribution in [1.29, 1.82) is 0 Å². The summed E-state index contributed by atoms with van der Waals surface area (Å²) in [7, 11) is 4.21. The summed E-state index contributed by atoms with van der Waals surface area (Å²) < 4.78 is 6.60. The number of nitrogens with one attached hydrogen (secondary N) is 1. The van der Waals surface area contributed by atoms with Gasteiger partial charge in [0.05, 0.1) is 6.54 Å². The van der Waals surface area contributed by atoms with E-state index >= 15 is 0 Å². The number of furan rings is 1. The van der Waals surface area contributed by atoms with Crippen LogP contribution in [0.5, 0.6) is 0 Å². The number of likely N-dealkylation sites (N-methyl/N-ethyl adjacent to an activating group) is 1. The van der Waals surface area contributed by atoms with E-state index in [1.165, 1.54) is 0 Å². The maximum atomic E-state index is 12.4. The number of hydrogen-bond donors (Lipinski definition) is 1. The molecular weight excluding hydrogens is 372 g/mol. The topological polar surface area (TPSA) is 65.4 Å². The van der Waals surface area contributed by atoms with Gasteiger partial charge in [-0.25, -0.2) is 4.98 Å². The number of likely N-dealkylation sites (tertiary alicyclic amines) is 1. The second kappa shape index (κ2) is 5.98. The third-order valence-corrected chi connectivity index (χ3v) is 5.18. The summed E-state index contributed by atoms with van der Waals surface area (Å²) >= 11 is 3.46. The fourth-order valence-corrected chi connectivity index (χ4v) is 3.70. The lowest BCUT2D eigenvalue weighted by molar-refractivity contribution is 0.261. The number of rotatable bonds is 3. The van der Waals surface area contributed by atoms with Gasteiger partial charge in [0.25, 0.3) is 5.56 Å². The molecule has 0 spiro atoms. The molecule has 0 amide bonds. The summed E-state index contributed by atoms with van der Waals surface area (Å²) in [5.41, 5.74) is 1.38. The van der Waals surface area contributed by atoms with Crippen LogP contribution < -0.4 is 5.56 Å². The van der Waals surface area contributed by atoms with Crippen LogP contribution in [0.4, 0.5) is 0 Å². The van der Waals surface area contributed by atoms with Gasteiger partial charge in [-0.2, -0.15) is 0 Å². The number of aromatic amines is 1. The fourth-order valence-electron chi connectivity index (χ4n) is 3.34. The fraction of sp³-hybridized carbons (Fsp3) is 0.412. The van der Waals surface area contributed by atoms with Gasteiger partial charge in [0, 0.05) is 29.0 Å². The first-order chi connectivity index (χ1) is 11.5. The van der Waals surface area contributed by atoms with Crippen molar-refractivity contribution in [3.05, 3.63) is 38.9 Å². The van der Waals surface area contributed by atoms with Crippen molar-refractivity contribution in [3.8, 4) is 0 Å². The van der Waals surface area contributed by atoms with Gasteiger partial charge < -0.3 is 14.3 Å². The van der Waals surface area contributed by atoms with Crippen molar-refractivity contribution in [2.75, 3.05) is 27.2 Å². The minimum absolute atomic E-state index is 0.217. The predicted octanol–water partition coefficient (Wildman–Crippen LogP) is 2.57. The van der Waals surface area contributed by atoms with Gasteiger partial charge in [0.15, 0.2) is 0 Å². The van der Waals surface area contributed by atoms with E-state index in [1.807, 2.05) is 18.2 Å². The van der Waals surface area contributed by atoms with Crippen molar-refractivity contribution in [1.82, 2.24) is 19.8 Å². The summed E-state index contributed by atoms with van der Waals surface area (Å²) in [5, 5.41) is 0.860. The van der Waals surface area contributed by atoms with Crippen molar-refractivity contribution in [2.45, 2.75) is 19.0 Å². The number of hydrogen-bond acceptors (Lipinski definition) is 5. The molecule has 1 saturated heterocycles. The third kappa shape index (κ3) is 2.76. The summed E-state index contributed by atoms with van der Waals surface area (Å²) in [6, 6.07) is 6.24. The largest absolute Gasteiger partial charge is 0.449 e. The summed E-state index contributed by atoms with van der Waals surface area (Å²) in [5.74, 6) is 0.689. The Balaban J connectivity index is 1.71. The molecule has 3 aromatic rings. The van der Waals surface area contributed by atoms with Gasteiger partial charge in [0.1, 0.15) is 16.9 Å². The van der Waals surface area contributed by atoms with Gasteiger partial charge in [-0.1, -0.05) is 15.9 Å².